The van der Waals surface area contributed by atoms with Crippen LogP contribution < -0.4 is 0 Å². The molecule has 0 N–H and O–H groups in total. The number of carbonyl (C=O) groups is 1. The molecule has 0 saturated heterocycles. The van der Waals surface area contributed by atoms with Crippen LogP contribution in [0, 0.1) is 0 Å². The Labute approximate surface area is 137 Å². The fourth-order valence-electron chi connectivity index (χ4n) is 2.17. The van der Waals surface area contributed by atoms with Crippen molar-refractivity contribution >= 4 is 28.9 Å². The number of aliphatic imine (C=N–C) groups is 1. The fourth-order valence-corrected chi connectivity index (χ4v) is 3.28. The van der Waals surface area contributed by atoms with E-state index in [0.717, 1.165) is 48.7 Å². The van der Waals surface area contributed by atoms with Crippen molar-refractivity contribution in [2.75, 3.05) is 12.3 Å². The van der Waals surface area contributed by atoms with Gasteiger partial charge in [-0.2, -0.15) is 0 Å². The smallest absolute Gasteiger partial charge is 0.278 e. The molecule has 118 valence electrons. The number of amides is 1. The lowest BCUT2D eigenvalue weighted by atomic mass is 10.2. The van der Waals surface area contributed by atoms with E-state index in [9.17, 15) is 4.79 Å². The van der Waals surface area contributed by atoms with Gasteiger partial charge in [0.25, 0.3) is 5.91 Å². The summed E-state index contributed by atoms with van der Waals surface area (Å²) in [5, 5.41) is 0.870. The van der Waals surface area contributed by atoms with E-state index < -0.39 is 0 Å². The molecule has 22 heavy (non-hydrogen) atoms. The van der Waals surface area contributed by atoms with Crippen LogP contribution in [0.4, 0.5) is 0 Å². The average Bonchev–Trinajstić information content (AvgIpc) is 2.82. The van der Waals surface area contributed by atoms with Gasteiger partial charge in [-0.3, -0.25) is 9.69 Å². The van der Waals surface area contributed by atoms with E-state index in [0.29, 0.717) is 5.70 Å². The highest BCUT2D eigenvalue weighted by atomic mass is 32.2. The zero-order valence-corrected chi connectivity index (χ0v) is 14.2. The molecule has 0 bridgehead atoms. The van der Waals surface area contributed by atoms with Gasteiger partial charge in [-0.15, -0.1) is 0 Å². The third-order valence-electron chi connectivity index (χ3n) is 3.48. The van der Waals surface area contributed by atoms with E-state index in [4.69, 9.17) is 0 Å². The standard InChI is InChI=1S/C18H24N2OS/c1-3-5-12-20-17(21)16(14-15-10-8-7-9-11-15)19-18(20)22-13-6-4-2/h7-11,14H,3-6,12-13H2,1-2H3/b16-14-. The highest BCUT2D eigenvalue weighted by Crippen LogP contribution is 2.25. The van der Waals surface area contributed by atoms with Gasteiger partial charge in [0.1, 0.15) is 5.70 Å². The molecule has 0 atom stereocenters. The molecule has 4 heteroatoms. The van der Waals surface area contributed by atoms with E-state index in [1.807, 2.05) is 41.3 Å². The van der Waals surface area contributed by atoms with Gasteiger partial charge in [0.2, 0.25) is 0 Å². The lowest BCUT2D eigenvalue weighted by molar-refractivity contribution is -0.122. The predicted octanol–water partition coefficient (Wildman–Crippen LogP) is 4.56. The number of carbonyl (C=O) groups excluding carboxylic acids is 1. The lowest BCUT2D eigenvalue weighted by Gasteiger charge is -2.17. The third-order valence-corrected chi connectivity index (χ3v) is 4.54. The first kappa shape index (κ1) is 16.8. The van der Waals surface area contributed by atoms with Gasteiger partial charge in [-0.1, -0.05) is 68.8 Å². The van der Waals surface area contributed by atoms with Gasteiger partial charge in [-0.25, -0.2) is 4.99 Å². The molecular formula is C18H24N2OS. The first-order valence-electron chi connectivity index (χ1n) is 8.06. The van der Waals surface area contributed by atoms with Crippen molar-refractivity contribution in [2.45, 2.75) is 39.5 Å². The molecule has 1 heterocycles. The molecule has 1 aromatic carbocycles. The van der Waals surface area contributed by atoms with E-state index >= 15 is 0 Å². The van der Waals surface area contributed by atoms with Crippen molar-refractivity contribution in [1.29, 1.82) is 0 Å². The Balaban J connectivity index is 2.16. The summed E-state index contributed by atoms with van der Waals surface area (Å²) in [4.78, 5) is 19.0. The van der Waals surface area contributed by atoms with E-state index in [-0.39, 0.29) is 5.91 Å². The van der Waals surface area contributed by atoms with Crippen LogP contribution >= 0.6 is 11.8 Å². The van der Waals surface area contributed by atoms with Crippen molar-refractivity contribution in [3.05, 3.63) is 41.6 Å². The summed E-state index contributed by atoms with van der Waals surface area (Å²) in [5.74, 6) is 1.06. The molecule has 0 unspecified atom stereocenters. The van der Waals surface area contributed by atoms with Crippen molar-refractivity contribution in [3.8, 4) is 0 Å². The first-order valence-corrected chi connectivity index (χ1v) is 9.05. The van der Waals surface area contributed by atoms with Gasteiger partial charge < -0.3 is 0 Å². The van der Waals surface area contributed by atoms with Crippen molar-refractivity contribution in [2.24, 2.45) is 4.99 Å². The Hall–Kier alpha value is -1.55. The zero-order chi connectivity index (χ0) is 15.8. The Morgan fingerprint density at radius 2 is 1.86 bits per heavy atom. The highest BCUT2D eigenvalue weighted by molar-refractivity contribution is 8.13. The van der Waals surface area contributed by atoms with Crippen LogP contribution in [0.2, 0.25) is 0 Å². The number of hydrogen-bond donors (Lipinski definition) is 0. The van der Waals surface area contributed by atoms with Gasteiger partial charge in [0.15, 0.2) is 5.17 Å². The number of amidine groups is 1. The highest BCUT2D eigenvalue weighted by Gasteiger charge is 2.29. The van der Waals surface area contributed by atoms with Gasteiger partial charge in [0, 0.05) is 12.3 Å². The Bertz CT molecular complexity index is 551. The second-order valence-corrected chi connectivity index (χ2v) is 6.41. The molecule has 0 aromatic heterocycles. The molecule has 0 fully saturated rings. The summed E-state index contributed by atoms with van der Waals surface area (Å²) in [5.41, 5.74) is 1.58. The van der Waals surface area contributed by atoms with Gasteiger partial charge in [-0.05, 0) is 24.5 Å². The molecular weight excluding hydrogens is 292 g/mol. The quantitative estimate of drug-likeness (QED) is 0.546. The summed E-state index contributed by atoms with van der Waals surface area (Å²) in [6.07, 6.45) is 6.29. The molecule has 0 saturated carbocycles. The van der Waals surface area contributed by atoms with Crippen LogP contribution in [0.5, 0.6) is 0 Å². The maximum atomic E-state index is 12.6. The largest absolute Gasteiger partial charge is 0.286 e. The van der Waals surface area contributed by atoms with E-state index in [1.54, 1.807) is 11.8 Å². The third kappa shape index (κ3) is 4.47. The number of thioether (sulfide) groups is 1. The van der Waals surface area contributed by atoms with Crippen LogP contribution in [0.1, 0.15) is 45.1 Å². The minimum atomic E-state index is 0.0382. The summed E-state index contributed by atoms with van der Waals surface area (Å²) in [7, 11) is 0. The molecule has 1 aliphatic heterocycles. The molecule has 0 radical (unpaired) electrons. The Morgan fingerprint density at radius 1 is 1.14 bits per heavy atom. The molecule has 0 aliphatic carbocycles. The van der Waals surface area contributed by atoms with Gasteiger partial charge in [0.05, 0.1) is 0 Å². The van der Waals surface area contributed by atoms with Gasteiger partial charge >= 0.3 is 0 Å². The second-order valence-electron chi connectivity index (χ2n) is 5.35. The molecule has 0 spiro atoms. The summed E-state index contributed by atoms with van der Waals surface area (Å²) < 4.78 is 0. The average molecular weight is 316 g/mol. The monoisotopic (exact) mass is 316 g/mol. The number of rotatable bonds is 7. The summed E-state index contributed by atoms with van der Waals surface area (Å²) in [6, 6.07) is 9.91. The van der Waals surface area contributed by atoms with Crippen LogP contribution in [-0.2, 0) is 4.79 Å². The Morgan fingerprint density at radius 3 is 2.55 bits per heavy atom. The van der Waals surface area contributed by atoms with Crippen molar-refractivity contribution < 1.29 is 4.79 Å². The Kier molecular flexibility index (Phi) is 6.72. The first-order chi connectivity index (χ1) is 10.8. The molecule has 2 rings (SSSR count). The maximum absolute atomic E-state index is 12.6. The fraction of sp³-hybridized carbons (Fsp3) is 0.444. The number of nitrogens with zero attached hydrogens (tertiary/aromatic N) is 2. The van der Waals surface area contributed by atoms with Crippen LogP contribution in [-0.4, -0.2) is 28.3 Å². The maximum Gasteiger partial charge on any atom is 0.278 e. The second kappa shape index (κ2) is 8.79. The topological polar surface area (TPSA) is 32.7 Å². The normalized spacial score (nSPS) is 16.5. The minimum absolute atomic E-state index is 0.0382. The van der Waals surface area contributed by atoms with E-state index in [2.05, 4.69) is 18.8 Å². The van der Waals surface area contributed by atoms with Crippen LogP contribution in [0.3, 0.4) is 0 Å². The minimum Gasteiger partial charge on any atom is -0.286 e. The van der Waals surface area contributed by atoms with Crippen molar-refractivity contribution in [3.63, 3.8) is 0 Å². The summed E-state index contributed by atoms with van der Waals surface area (Å²) in [6.45, 7) is 5.08. The van der Waals surface area contributed by atoms with Crippen LogP contribution in [0.15, 0.2) is 41.0 Å². The molecule has 3 nitrogen and oxygen atoms in total. The summed E-state index contributed by atoms with van der Waals surface area (Å²) >= 11 is 1.70. The number of benzene rings is 1. The molecule has 1 amide bonds. The van der Waals surface area contributed by atoms with E-state index in [1.165, 1.54) is 0 Å². The predicted molar refractivity (Wildman–Crippen MR) is 95.8 cm³/mol. The van der Waals surface area contributed by atoms with Crippen molar-refractivity contribution in [1.82, 2.24) is 4.90 Å². The SMILES string of the molecule is CCCCSC1=N/C(=C\c2ccccc2)C(=O)N1CCCC. The number of unbranched alkanes of at least 4 members (excludes halogenated alkanes) is 2. The number of hydrogen-bond acceptors (Lipinski definition) is 3. The molecule has 1 aromatic rings. The van der Waals surface area contributed by atoms with Crippen LogP contribution in [0.25, 0.3) is 6.08 Å². The zero-order valence-electron chi connectivity index (χ0n) is 13.4. The lowest BCUT2D eigenvalue weighted by Crippen LogP contribution is -2.31. The molecule has 1 aliphatic rings.